The predicted octanol–water partition coefficient (Wildman–Crippen LogP) is 2.13. The second-order valence-electron chi connectivity index (χ2n) is 6.14. The van der Waals surface area contributed by atoms with E-state index >= 15 is 0 Å². The molecule has 1 saturated heterocycles. The third kappa shape index (κ3) is 4.19. The fourth-order valence-corrected chi connectivity index (χ4v) is 3.64. The SMILES string of the molecule is CSc1nnc(C2CCCN2CC(=O)NCc2ccc(F)cc2)n1C. The van der Waals surface area contributed by atoms with E-state index in [9.17, 15) is 9.18 Å². The first-order valence-electron chi connectivity index (χ1n) is 8.27. The van der Waals surface area contributed by atoms with Gasteiger partial charge in [0.2, 0.25) is 5.91 Å². The second-order valence-corrected chi connectivity index (χ2v) is 6.91. The third-order valence-electron chi connectivity index (χ3n) is 4.46. The number of rotatable bonds is 6. The summed E-state index contributed by atoms with van der Waals surface area (Å²) >= 11 is 1.56. The lowest BCUT2D eigenvalue weighted by Crippen LogP contribution is -2.37. The molecule has 0 spiro atoms. The molecule has 8 heteroatoms. The third-order valence-corrected chi connectivity index (χ3v) is 5.18. The van der Waals surface area contributed by atoms with Crippen LogP contribution in [0.15, 0.2) is 29.4 Å². The van der Waals surface area contributed by atoms with E-state index in [-0.39, 0.29) is 17.8 Å². The maximum atomic E-state index is 12.9. The molecule has 1 aromatic carbocycles. The molecule has 0 bridgehead atoms. The van der Waals surface area contributed by atoms with Gasteiger partial charge in [0.25, 0.3) is 0 Å². The van der Waals surface area contributed by atoms with Crippen LogP contribution in [0.1, 0.15) is 30.3 Å². The molecule has 1 aliphatic heterocycles. The average Bonchev–Trinajstić information content (AvgIpc) is 3.20. The summed E-state index contributed by atoms with van der Waals surface area (Å²) in [7, 11) is 1.96. The van der Waals surface area contributed by atoms with Crippen LogP contribution in [0.2, 0.25) is 0 Å². The molecule has 25 heavy (non-hydrogen) atoms. The van der Waals surface area contributed by atoms with Crippen molar-refractivity contribution in [2.75, 3.05) is 19.3 Å². The van der Waals surface area contributed by atoms with Gasteiger partial charge in [0.15, 0.2) is 11.0 Å². The highest BCUT2D eigenvalue weighted by atomic mass is 32.2. The van der Waals surface area contributed by atoms with Gasteiger partial charge in [-0.2, -0.15) is 0 Å². The highest BCUT2D eigenvalue weighted by Crippen LogP contribution is 2.31. The second kappa shape index (κ2) is 7.97. The number of amides is 1. The van der Waals surface area contributed by atoms with Crippen molar-refractivity contribution in [1.29, 1.82) is 0 Å². The fourth-order valence-electron chi connectivity index (χ4n) is 3.15. The summed E-state index contributed by atoms with van der Waals surface area (Å²) in [5.74, 6) is 0.597. The largest absolute Gasteiger partial charge is 0.351 e. The van der Waals surface area contributed by atoms with Crippen molar-refractivity contribution in [2.24, 2.45) is 7.05 Å². The van der Waals surface area contributed by atoms with E-state index in [0.717, 1.165) is 35.9 Å². The molecular weight excluding hydrogens is 341 g/mol. The van der Waals surface area contributed by atoms with E-state index in [2.05, 4.69) is 20.4 Å². The topological polar surface area (TPSA) is 63.1 Å². The first-order chi connectivity index (χ1) is 12.1. The summed E-state index contributed by atoms with van der Waals surface area (Å²) in [5.41, 5.74) is 0.880. The summed E-state index contributed by atoms with van der Waals surface area (Å²) < 4.78 is 14.9. The van der Waals surface area contributed by atoms with Gasteiger partial charge in [-0.15, -0.1) is 10.2 Å². The van der Waals surface area contributed by atoms with Crippen molar-refractivity contribution in [2.45, 2.75) is 30.6 Å². The first kappa shape index (κ1) is 17.9. The van der Waals surface area contributed by atoms with Crippen LogP contribution >= 0.6 is 11.8 Å². The number of carbonyl (C=O) groups is 1. The molecule has 6 nitrogen and oxygen atoms in total. The minimum Gasteiger partial charge on any atom is -0.351 e. The van der Waals surface area contributed by atoms with Crippen molar-refractivity contribution in [3.8, 4) is 0 Å². The average molecular weight is 363 g/mol. The number of nitrogens with zero attached hydrogens (tertiary/aromatic N) is 4. The number of likely N-dealkylation sites (tertiary alicyclic amines) is 1. The quantitative estimate of drug-likeness (QED) is 0.797. The molecule has 0 radical (unpaired) electrons. The number of benzene rings is 1. The van der Waals surface area contributed by atoms with Gasteiger partial charge in [0, 0.05) is 13.6 Å². The molecule has 2 aromatic rings. The highest BCUT2D eigenvalue weighted by molar-refractivity contribution is 7.98. The molecule has 1 amide bonds. The summed E-state index contributed by atoms with van der Waals surface area (Å²) in [6, 6.07) is 6.27. The molecule has 1 aliphatic rings. The summed E-state index contributed by atoms with van der Waals surface area (Å²) in [4.78, 5) is 14.4. The zero-order chi connectivity index (χ0) is 17.8. The van der Waals surface area contributed by atoms with Crippen molar-refractivity contribution < 1.29 is 9.18 Å². The number of carbonyl (C=O) groups excluding carboxylic acids is 1. The van der Waals surface area contributed by atoms with Gasteiger partial charge in [0.05, 0.1) is 12.6 Å². The summed E-state index contributed by atoms with van der Waals surface area (Å²) in [6.07, 6.45) is 3.99. The lowest BCUT2D eigenvalue weighted by atomic mass is 10.2. The predicted molar refractivity (Wildman–Crippen MR) is 94.6 cm³/mol. The molecule has 1 fully saturated rings. The van der Waals surface area contributed by atoms with Crippen LogP contribution in [-0.2, 0) is 18.4 Å². The van der Waals surface area contributed by atoms with Crippen molar-refractivity contribution in [1.82, 2.24) is 25.0 Å². The number of halogens is 1. The minimum absolute atomic E-state index is 0.0384. The number of aromatic nitrogens is 3. The first-order valence-corrected chi connectivity index (χ1v) is 9.49. The lowest BCUT2D eigenvalue weighted by Gasteiger charge is -2.23. The van der Waals surface area contributed by atoms with E-state index < -0.39 is 0 Å². The molecule has 2 heterocycles. The molecule has 134 valence electrons. The Bertz CT molecular complexity index is 733. The van der Waals surface area contributed by atoms with Crippen LogP contribution in [0.5, 0.6) is 0 Å². The summed E-state index contributed by atoms with van der Waals surface area (Å²) in [6.45, 7) is 1.60. The van der Waals surface area contributed by atoms with Crippen LogP contribution < -0.4 is 5.32 Å². The molecule has 1 aromatic heterocycles. The van der Waals surface area contributed by atoms with E-state index in [1.165, 1.54) is 12.1 Å². The number of thioether (sulfide) groups is 1. The molecule has 0 saturated carbocycles. The molecular formula is C17H22FN5OS. The Hall–Kier alpha value is -1.93. The minimum atomic E-state index is -0.275. The van der Waals surface area contributed by atoms with Gasteiger partial charge in [-0.3, -0.25) is 9.69 Å². The van der Waals surface area contributed by atoms with Crippen LogP contribution in [0.3, 0.4) is 0 Å². The van der Waals surface area contributed by atoms with Crippen LogP contribution in [0.25, 0.3) is 0 Å². The van der Waals surface area contributed by atoms with Gasteiger partial charge >= 0.3 is 0 Å². The summed E-state index contributed by atoms with van der Waals surface area (Å²) in [5, 5.41) is 12.3. The van der Waals surface area contributed by atoms with Crippen LogP contribution in [0.4, 0.5) is 4.39 Å². The van der Waals surface area contributed by atoms with Crippen molar-refractivity contribution >= 4 is 17.7 Å². The van der Waals surface area contributed by atoms with Gasteiger partial charge in [-0.05, 0) is 43.3 Å². The zero-order valence-corrected chi connectivity index (χ0v) is 15.2. The Balaban J connectivity index is 1.58. The number of nitrogens with one attached hydrogen (secondary N) is 1. The van der Waals surface area contributed by atoms with Crippen molar-refractivity contribution in [3.63, 3.8) is 0 Å². The molecule has 1 unspecified atom stereocenters. The number of hydrogen-bond acceptors (Lipinski definition) is 5. The fraction of sp³-hybridized carbons (Fsp3) is 0.471. The van der Waals surface area contributed by atoms with Gasteiger partial charge in [0.1, 0.15) is 5.82 Å². The van der Waals surface area contributed by atoms with Crippen LogP contribution in [0, 0.1) is 5.82 Å². The van der Waals surface area contributed by atoms with E-state index in [1.807, 2.05) is 17.9 Å². The smallest absolute Gasteiger partial charge is 0.234 e. The van der Waals surface area contributed by atoms with E-state index in [0.29, 0.717) is 13.1 Å². The van der Waals surface area contributed by atoms with Gasteiger partial charge in [-0.1, -0.05) is 23.9 Å². The Morgan fingerprint density at radius 2 is 2.12 bits per heavy atom. The molecule has 1 N–H and O–H groups in total. The Morgan fingerprint density at radius 1 is 1.36 bits per heavy atom. The Morgan fingerprint density at radius 3 is 2.80 bits per heavy atom. The molecule has 3 rings (SSSR count). The van der Waals surface area contributed by atoms with Crippen LogP contribution in [-0.4, -0.2) is 44.9 Å². The lowest BCUT2D eigenvalue weighted by molar-refractivity contribution is -0.122. The maximum Gasteiger partial charge on any atom is 0.234 e. The normalized spacial score (nSPS) is 17.8. The Labute approximate surface area is 150 Å². The maximum absolute atomic E-state index is 12.9. The zero-order valence-electron chi connectivity index (χ0n) is 14.4. The van der Waals surface area contributed by atoms with E-state index in [1.54, 1.807) is 23.9 Å². The van der Waals surface area contributed by atoms with E-state index in [4.69, 9.17) is 0 Å². The Kier molecular flexibility index (Phi) is 5.70. The monoisotopic (exact) mass is 363 g/mol. The van der Waals surface area contributed by atoms with Gasteiger partial charge < -0.3 is 9.88 Å². The van der Waals surface area contributed by atoms with Gasteiger partial charge in [-0.25, -0.2) is 4.39 Å². The molecule has 0 aliphatic carbocycles. The van der Waals surface area contributed by atoms with Crippen molar-refractivity contribution in [3.05, 3.63) is 41.5 Å². The standard InChI is InChI=1S/C17H22FN5OS/c1-22-16(20-21-17(22)25-2)14-4-3-9-23(14)11-15(24)19-10-12-5-7-13(18)8-6-12/h5-8,14H,3-4,9-11H2,1-2H3,(H,19,24). The number of hydrogen-bond donors (Lipinski definition) is 1. The highest BCUT2D eigenvalue weighted by Gasteiger charge is 2.31. The molecule has 1 atom stereocenters.